The van der Waals surface area contributed by atoms with E-state index in [1.165, 1.54) is 0 Å². The van der Waals surface area contributed by atoms with Crippen molar-refractivity contribution >= 4 is 5.84 Å². The molecule has 0 spiro atoms. The first-order valence-electron chi connectivity index (χ1n) is 6.51. The van der Waals surface area contributed by atoms with Gasteiger partial charge in [0.1, 0.15) is 5.69 Å². The third-order valence-electron chi connectivity index (χ3n) is 3.32. The van der Waals surface area contributed by atoms with E-state index in [4.69, 9.17) is 15.7 Å². The highest BCUT2D eigenvalue weighted by Gasteiger charge is 2.29. The number of hydrogen-bond acceptors (Lipinski definition) is 5. The van der Waals surface area contributed by atoms with Gasteiger partial charge >= 0.3 is 0 Å². The van der Waals surface area contributed by atoms with E-state index in [0.29, 0.717) is 24.4 Å². The molecule has 104 valence electrons. The molecule has 0 aliphatic heterocycles. The lowest BCUT2D eigenvalue weighted by Crippen LogP contribution is -2.45. The molecule has 0 radical (unpaired) electrons. The van der Waals surface area contributed by atoms with Crippen molar-refractivity contribution in [2.75, 3.05) is 6.61 Å². The summed E-state index contributed by atoms with van der Waals surface area (Å²) in [6, 6.07) is 4.23. The number of aromatic nitrogens is 1. The summed E-state index contributed by atoms with van der Waals surface area (Å²) in [5.74, 6) is 0.0400. The van der Waals surface area contributed by atoms with Gasteiger partial charge in [-0.2, -0.15) is 0 Å². The third-order valence-corrected chi connectivity index (χ3v) is 3.32. The number of nitrogens with zero attached hydrogens (tertiary/aromatic N) is 2. The molecule has 1 aromatic rings. The van der Waals surface area contributed by atoms with Crippen LogP contribution in [0.15, 0.2) is 23.5 Å². The first kappa shape index (κ1) is 13.8. The Kier molecular flexibility index (Phi) is 4.70. The van der Waals surface area contributed by atoms with E-state index >= 15 is 0 Å². The van der Waals surface area contributed by atoms with Gasteiger partial charge in [0.05, 0.1) is 6.10 Å². The van der Waals surface area contributed by atoms with Crippen LogP contribution in [0, 0.1) is 0 Å². The molecule has 4 N–H and O–H groups in total. The molecule has 0 unspecified atom stereocenters. The van der Waals surface area contributed by atoms with Crippen LogP contribution in [-0.2, 0) is 11.3 Å². The van der Waals surface area contributed by atoms with Gasteiger partial charge in [0.25, 0.3) is 0 Å². The molecule has 19 heavy (non-hydrogen) atoms. The molecule has 1 aliphatic rings. The minimum Gasteiger partial charge on any atom is -0.409 e. The lowest BCUT2D eigenvalue weighted by Gasteiger charge is -2.35. The molecule has 2 rings (SSSR count). The molecule has 0 amide bonds. The van der Waals surface area contributed by atoms with Gasteiger partial charge in [-0.15, -0.1) is 0 Å². The maximum atomic E-state index is 8.73. The Labute approximate surface area is 112 Å². The topological polar surface area (TPSA) is 92.8 Å². The summed E-state index contributed by atoms with van der Waals surface area (Å²) in [4.78, 5) is 4.14. The quantitative estimate of drug-likeness (QED) is 0.306. The Bertz CT molecular complexity index is 444. The van der Waals surface area contributed by atoms with Crippen molar-refractivity contribution in [2.45, 2.75) is 38.5 Å². The van der Waals surface area contributed by atoms with Gasteiger partial charge in [-0.1, -0.05) is 11.2 Å². The summed E-state index contributed by atoms with van der Waals surface area (Å²) in [5, 5.41) is 15.2. The molecule has 0 bridgehead atoms. The summed E-state index contributed by atoms with van der Waals surface area (Å²) in [7, 11) is 0. The third kappa shape index (κ3) is 3.42. The molecule has 6 nitrogen and oxygen atoms in total. The Morgan fingerprint density at radius 3 is 3.11 bits per heavy atom. The van der Waals surface area contributed by atoms with Crippen LogP contribution in [0.4, 0.5) is 0 Å². The second kappa shape index (κ2) is 6.49. The van der Waals surface area contributed by atoms with Crippen molar-refractivity contribution in [1.82, 2.24) is 10.3 Å². The van der Waals surface area contributed by atoms with E-state index in [9.17, 15) is 0 Å². The van der Waals surface area contributed by atoms with Crippen LogP contribution in [0.2, 0.25) is 0 Å². The zero-order chi connectivity index (χ0) is 13.7. The smallest absolute Gasteiger partial charge is 0.189 e. The Hall–Kier alpha value is -1.66. The lowest BCUT2D eigenvalue weighted by atomic mass is 9.89. The first-order valence-corrected chi connectivity index (χ1v) is 6.51. The van der Waals surface area contributed by atoms with E-state index in [2.05, 4.69) is 15.5 Å². The highest BCUT2D eigenvalue weighted by Crippen LogP contribution is 2.23. The first-order chi connectivity index (χ1) is 9.24. The van der Waals surface area contributed by atoms with Gasteiger partial charge in [-0.25, -0.2) is 0 Å². The van der Waals surface area contributed by atoms with Crippen molar-refractivity contribution in [3.05, 3.63) is 29.6 Å². The molecule has 0 aromatic carbocycles. The molecule has 1 fully saturated rings. The summed E-state index contributed by atoms with van der Waals surface area (Å²) in [6.45, 7) is 3.44. The number of nitrogens with two attached hydrogens (primary N) is 1. The van der Waals surface area contributed by atoms with E-state index in [0.717, 1.165) is 25.0 Å². The molecule has 1 aromatic heterocycles. The Morgan fingerprint density at radius 1 is 1.63 bits per heavy atom. The van der Waals surface area contributed by atoms with Crippen LogP contribution in [-0.4, -0.2) is 34.8 Å². The predicted octanol–water partition coefficient (Wildman–Crippen LogP) is 0.833. The van der Waals surface area contributed by atoms with Crippen LogP contribution in [0.3, 0.4) is 0 Å². The fourth-order valence-corrected chi connectivity index (χ4v) is 2.22. The van der Waals surface area contributed by atoms with Gasteiger partial charge in [-0.05, 0) is 31.4 Å². The van der Waals surface area contributed by atoms with Crippen LogP contribution in [0.25, 0.3) is 0 Å². The van der Waals surface area contributed by atoms with Gasteiger partial charge in [0.2, 0.25) is 0 Å². The maximum absolute atomic E-state index is 8.73. The molecule has 1 saturated carbocycles. The Balaban J connectivity index is 1.87. The second-order valence-electron chi connectivity index (χ2n) is 4.62. The summed E-state index contributed by atoms with van der Waals surface area (Å²) in [5.41, 5.74) is 7.05. The maximum Gasteiger partial charge on any atom is 0.189 e. The second-order valence-corrected chi connectivity index (χ2v) is 4.62. The van der Waals surface area contributed by atoms with Crippen LogP contribution in [0.5, 0.6) is 0 Å². The highest BCUT2D eigenvalue weighted by atomic mass is 16.5. The van der Waals surface area contributed by atoms with Crippen molar-refractivity contribution in [3.63, 3.8) is 0 Å². The van der Waals surface area contributed by atoms with Gasteiger partial charge in [0, 0.05) is 25.4 Å². The van der Waals surface area contributed by atoms with Gasteiger partial charge in [0.15, 0.2) is 5.84 Å². The number of hydrogen-bond donors (Lipinski definition) is 3. The van der Waals surface area contributed by atoms with Gasteiger partial charge in [-0.3, -0.25) is 4.98 Å². The number of rotatable bonds is 6. The van der Waals surface area contributed by atoms with Crippen molar-refractivity contribution in [3.8, 4) is 0 Å². The lowest BCUT2D eigenvalue weighted by molar-refractivity contribution is -0.0102. The standard InChI is InChI=1S/C13H20N4O2/c1-2-19-11-6-10(7-11)16-8-9-4-3-5-15-12(9)13(14)17-18/h3-5,10-11,16,18H,2,6-8H2,1H3,(H2,14,17). The number of amidine groups is 1. The molecule has 6 heteroatoms. The molecular weight excluding hydrogens is 244 g/mol. The predicted molar refractivity (Wildman–Crippen MR) is 72.0 cm³/mol. The van der Waals surface area contributed by atoms with E-state index < -0.39 is 0 Å². The van der Waals surface area contributed by atoms with E-state index in [-0.39, 0.29) is 5.84 Å². The van der Waals surface area contributed by atoms with Crippen molar-refractivity contribution < 1.29 is 9.94 Å². The number of oxime groups is 1. The van der Waals surface area contributed by atoms with Crippen LogP contribution >= 0.6 is 0 Å². The number of ether oxygens (including phenoxy) is 1. The highest BCUT2D eigenvalue weighted by molar-refractivity contribution is 5.96. The minimum absolute atomic E-state index is 0.0400. The average molecular weight is 264 g/mol. The summed E-state index contributed by atoms with van der Waals surface area (Å²) < 4.78 is 5.51. The largest absolute Gasteiger partial charge is 0.409 e. The molecule has 0 saturated heterocycles. The Morgan fingerprint density at radius 2 is 2.42 bits per heavy atom. The summed E-state index contributed by atoms with van der Waals surface area (Å²) >= 11 is 0. The number of pyridine rings is 1. The van der Waals surface area contributed by atoms with Crippen molar-refractivity contribution in [2.24, 2.45) is 10.9 Å². The SMILES string of the molecule is CCOC1CC(NCc2cccnc2/C(N)=N/O)C1. The van der Waals surface area contributed by atoms with Crippen molar-refractivity contribution in [1.29, 1.82) is 0 Å². The summed E-state index contributed by atoms with van der Waals surface area (Å²) in [6.07, 6.45) is 4.09. The van der Waals surface area contributed by atoms with Crippen LogP contribution in [0.1, 0.15) is 31.0 Å². The molecular formula is C13H20N4O2. The molecule has 1 aliphatic carbocycles. The minimum atomic E-state index is 0.0400. The fraction of sp³-hybridized carbons (Fsp3) is 0.538. The zero-order valence-electron chi connectivity index (χ0n) is 11.0. The van der Waals surface area contributed by atoms with Gasteiger partial charge < -0.3 is 21.0 Å². The molecule has 1 heterocycles. The average Bonchev–Trinajstić information content (AvgIpc) is 2.40. The fourth-order valence-electron chi connectivity index (χ4n) is 2.22. The number of nitrogens with one attached hydrogen (secondary N) is 1. The normalized spacial score (nSPS) is 23.1. The zero-order valence-corrected chi connectivity index (χ0v) is 11.0. The van der Waals surface area contributed by atoms with Crippen LogP contribution < -0.4 is 11.1 Å². The molecule has 0 atom stereocenters. The van der Waals surface area contributed by atoms with E-state index in [1.54, 1.807) is 6.20 Å². The van der Waals surface area contributed by atoms with E-state index in [1.807, 2.05) is 19.1 Å². The monoisotopic (exact) mass is 264 g/mol.